The smallest absolute Gasteiger partial charge is 0.247 e. The Hall–Kier alpha value is -3.50. The van der Waals surface area contributed by atoms with Gasteiger partial charge < -0.3 is 24.4 Å². The number of hydrogen-bond acceptors (Lipinski definition) is 7. The largest absolute Gasteiger partial charge is 0.497 e. The Bertz CT molecular complexity index is 1130. The molecular weight excluding hydrogens is 450 g/mol. The van der Waals surface area contributed by atoms with Crippen LogP contribution in [0.15, 0.2) is 48.5 Å². The number of rotatable bonds is 11. The Morgan fingerprint density at radius 3 is 2.71 bits per heavy atom. The quantitative estimate of drug-likeness (QED) is 0.417. The van der Waals surface area contributed by atoms with Gasteiger partial charge in [0.15, 0.2) is 0 Å². The highest BCUT2D eigenvalue weighted by Gasteiger charge is 2.34. The topological polar surface area (TPSA) is 108 Å². The number of methoxy groups -OCH3 is 2. The summed E-state index contributed by atoms with van der Waals surface area (Å²) in [5.74, 6) is 0.124. The van der Waals surface area contributed by atoms with Gasteiger partial charge in [0.2, 0.25) is 11.8 Å². The van der Waals surface area contributed by atoms with Gasteiger partial charge in [0.1, 0.15) is 23.9 Å². The number of nitrogens with one attached hydrogen (secondary N) is 1. The molecule has 0 unspecified atom stereocenters. The lowest BCUT2D eigenvalue weighted by Crippen LogP contribution is -2.48. The Morgan fingerprint density at radius 2 is 2.00 bits per heavy atom. The van der Waals surface area contributed by atoms with E-state index in [0.29, 0.717) is 43.1 Å². The SMILES string of the molecule is COCCNC(=O)[C@@H](c1ccc(OC)cc1)N(C[C@@H]1CCCO1)C(=O)Cn1nnc2ccccc21. The van der Waals surface area contributed by atoms with Gasteiger partial charge in [-0.25, -0.2) is 4.68 Å². The van der Waals surface area contributed by atoms with E-state index >= 15 is 0 Å². The maximum atomic E-state index is 13.8. The zero-order chi connectivity index (χ0) is 24.6. The van der Waals surface area contributed by atoms with Crippen molar-refractivity contribution in [1.82, 2.24) is 25.2 Å². The molecule has 0 aliphatic carbocycles. The number of nitrogens with zero attached hydrogens (tertiary/aromatic N) is 4. The van der Waals surface area contributed by atoms with Gasteiger partial charge in [-0.3, -0.25) is 9.59 Å². The third-order valence-corrected chi connectivity index (χ3v) is 6.05. The molecule has 1 fully saturated rings. The molecule has 2 heterocycles. The number of benzene rings is 2. The van der Waals surface area contributed by atoms with Crippen LogP contribution in [-0.4, -0.2) is 78.3 Å². The van der Waals surface area contributed by atoms with Gasteiger partial charge in [0.05, 0.1) is 25.3 Å². The summed E-state index contributed by atoms with van der Waals surface area (Å²) in [6.45, 7) is 1.59. The van der Waals surface area contributed by atoms with Crippen LogP contribution >= 0.6 is 0 Å². The highest BCUT2D eigenvalue weighted by molar-refractivity contribution is 5.89. The van der Waals surface area contributed by atoms with Crippen LogP contribution in [0.2, 0.25) is 0 Å². The van der Waals surface area contributed by atoms with Crippen LogP contribution in [0, 0.1) is 0 Å². The third kappa shape index (κ3) is 5.95. The summed E-state index contributed by atoms with van der Waals surface area (Å²) in [7, 11) is 3.16. The second kappa shape index (κ2) is 11.8. The molecule has 1 aliphatic heterocycles. The van der Waals surface area contributed by atoms with Crippen molar-refractivity contribution < 1.29 is 23.8 Å². The lowest BCUT2D eigenvalue weighted by molar-refractivity contribution is -0.143. The predicted octanol–water partition coefficient (Wildman–Crippen LogP) is 1.95. The van der Waals surface area contributed by atoms with Crippen LogP contribution in [0.5, 0.6) is 5.75 Å². The number of para-hydroxylation sites is 1. The van der Waals surface area contributed by atoms with Crippen LogP contribution < -0.4 is 10.1 Å². The molecule has 4 rings (SSSR count). The standard InChI is InChI=1S/C25H31N5O5/c1-33-15-13-26-25(32)24(18-9-11-19(34-2)12-10-18)29(16-20-6-5-14-35-20)23(31)17-30-22-8-4-3-7-21(22)27-28-30/h3-4,7-12,20,24H,5-6,13-17H2,1-2H3,(H,26,32)/t20-,24+/m0/s1. The van der Waals surface area contributed by atoms with E-state index < -0.39 is 6.04 Å². The van der Waals surface area contributed by atoms with E-state index in [2.05, 4.69) is 15.6 Å². The van der Waals surface area contributed by atoms with Crippen LogP contribution in [0.4, 0.5) is 0 Å². The first-order valence-corrected chi connectivity index (χ1v) is 11.7. The Balaban J connectivity index is 1.66. The maximum absolute atomic E-state index is 13.8. The summed E-state index contributed by atoms with van der Waals surface area (Å²) in [6, 6.07) is 13.8. The summed E-state index contributed by atoms with van der Waals surface area (Å²) >= 11 is 0. The van der Waals surface area contributed by atoms with Gasteiger partial charge in [0, 0.05) is 26.8 Å². The molecule has 2 atom stereocenters. The molecule has 0 spiro atoms. The van der Waals surface area contributed by atoms with E-state index in [1.54, 1.807) is 48.1 Å². The maximum Gasteiger partial charge on any atom is 0.247 e. The first-order chi connectivity index (χ1) is 17.1. The van der Waals surface area contributed by atoms with Crippen molar-refractivity contribution in [3.05, 3.63) is 54.1 Å². The van der Waals surface area contributed by atoms with Crippen molar-refractivity contribution in [3.8, 4) is 5.75 Å². The van der Waals surface area contributed by atoms with Gasteiger partial charge in [-0.2, -0.15) is 0 Å². The second-order valence-corrected chi connectivity index (χ2v) is 8.38. The fourth-order valence-electron chi connectivity index (χ4n) is 4.24. The number of hydrogen-bond donors (Lipinski definition) is 1. The highest BCUT2D eigenvalue weighted by Crippen LogP contribution is 2.27. The van der Waals surface area contributed by atoms with Gasteiger partial charge in [-0.15, -0.1) is 5.10 Å². The van der Waals surface area contributed by atoms with E-state index in [-0.39, 0.29) is 24.5 Å². The average Bonchev–Trinajstić information content (AvgIpc) is 3.54. The zero-order valence-corrected chi connectivity index (χ0v) is 20.1. The van der Waals surface area contributed by atoms with E-state index in [1.165, 1.54) is 0 Å². The molecular formula is C25H31N5O5. The average molecular weight is 482 g/mol. The summed E-state index contributed by atoms with van der Waals surface area (Å²) in [5.41, 5.74) is 2.13. The molecule has 1 saturated heterocycles. The van der Waals surface area contributed by atoms with Crippen molar-refractivity contribution in [1.29, 1.82) is 0 Å². The number of ether oxygens (including phenoxy) is 3. The molecule has 3 aromatic rings. The lowest BCUT2D eigenvalue weighted by Gasteiger charge is -2.33. The highest BCUT2D eigenvalue weighted by atomic mass is 16.5. The van der Waals surface area contributed by atoms with Crippen LogP contribution in [-0.2, 0) is 25.6 Å². The van der Waals surface area contributed by atoms with E-state index in [1.807, 2.05) is 24.3 Å². The molecule has 186 valence electrons. The summed E-state index contributed by atoms with van der Waals surface area (Å²) < 4.78 is 17.8. The van der Waals surface area contributed by atoms with Gasteiger partial charge >= 0.3 is 0 Å². The molecule has 1 aliphatic rings. The van der Waals surface area contributed by atoms with Crippen molar-refractivity contribution >= 4 is 22.8 Å². The molecule has 1 N–H and O–H groups in total. The van der Waals surface area contributed by atoms with E-state index in [4.69, 9.17) is 14.2 Å². The van der Waals surface area contributed by atoms with Crippen molar-refractivity contribution in [3.63, 3.8) is 0 Å². The van der Waals surface area contributed by atoms with Crippen LogP contribution in [0.3, 0.4) is 0 Å². The zero-order valence-electron chi connectivity index (χ0n) is 20.1. The minimum Gasteiger partial charge on any atom is -0.497 e. The third-order valence-electron chi connectivity index (χ3n) is 6.05. The predicted molar refractivity (Wildman–Crippen MR) is 129 cm³/mol. The van der Waals surface area contributed by atoms with Crippen molar-refractivity contribution in [2.45, 2.75) is 31.5 Å². The van der Waals surface area contributed by atoms with Gasteiger partial charge in [-0.05, 0) is 42.7 Å². The molecule has 0 bridgehead atoms. The van der Waals surface area contributed by atoms with E-state index in [0.717, 1.165) is 18.4 Å². The van der Waals surface area contributed by atoms with Crippen LogP contribution in [0.25, 0.3) is 11.0 Å². The molecule has 35 heavy (non-hydrogen) atoms. The minimum absolute atomic E-state index is 0.0504. The van der Waals surface area contributed by atoms with E-state index in [9.17, 15) is 9.59 Å². The van der Waals surface area contributed by atoms with Gasteiger partial charge in [0.25, 0.3) is 0 Å². The minimum atomic E-state index is -0.857. The number of amides is 2. The number of fused-ring (bicyclic) bond motifs is 1. The molecule has 0 radical (unpaired) electrons. The Labute approximate surface area is 204 Å². The number of carbonyl (C=O) groups excluding carboxylic acids is 2. The first-order valence-electron chi connectivity index (χ1n) is 11.7. The Kier molecular flexibility index (Phi) is 8.27. The summed E-state index contributed by atoms with van der Waals surface area (Å²) in [6.07, 6.45) is 1.61. The second-order valence-electron chi connectivity index (χ2n) is 8.38. The molecule has 0 saturated carbocycles. The molecule has 1 aromatic heterocycles. The first kappa shape index (κ1) is 24.6. The fraction of sp³-hybridized carbons (Fsp3) is 0.440. The van der Waals surface area contributed by atoms with Crippen molar-refractivity contribution in [2.75, 3.05) is 40.5 Å². The summed E-state index contributed by atoms with van der Waals surface area (Å²) in [4.78, 5) is 28.8. The number of carbonyl (C=O) groups is 2. The fourth-order valence-corrected chi connectivity index (χ4v) is 4.24. The normalized spacial score (nSPS) is 16.2. The van der Waals surface area contributed by atoms with Crippen LogP contribution in [0.1, 0.15) is 24.4 Å². The van der Waals surface area contributed by atoms with Crippen molar-refractivity contribution in [2.24, 2.45) is 0 Å². The summed E-state index contributed by atoms with van der Waals surface area (Å²) in [5, 5.41) is 11.2. The molecule has 10 nitrogen and oxygen atoms in total. The monoisotopic (exact) mass is 481 g/mol. The van der Waals surface area contributed by atoms with Gasteiger partial charge in [-0.1, -0.05) is 29.5 Å². The lowest BCUT2D eigenvalue weighted by atomic mass is 10.0. The Morgan fingerprint density at radius 1 is 1.20 bits per heavy atom. The molecule has 2 amide bonds. The molecule has 2 aromatic carbocycles. The number of aromatic nitrogens is 3. The molecule has 10 heteroatoms.